The second kappa shape index (κ2) is 5.01. The number of allylic oxidation sites excluding steroid dienone is 1. The second-order valence-corrected chi connectivity index (χ2v) is 5.18. The van der Waals surface area contributed by atoms with Crippen LogP contribution in [-0.4, -0.2) is 15.7 Å². The van der Waals surface area contributed by atoms with Crippen molar-refractivity contribution in [3.05, 3.63) is 42.2 Å². The minimum Gasteiger partial charge on any atom is -0.389 e. The van der Waals surface area contributed by atoms with E-state index in [0.717, 1.165) is 37.8 Å². The van der Waals surface area contributed by atoms with E-state index in [2.05, 4.69) is 17.6 Å². The first-order valence-corrected chi connectivity index (χ1v) is 6.42. The van der Waals surface area contributed by atoms with Crippen LogP contribution in [0.5, 0.6) is 0 Å². The number of hydrogen-bond acceptors (Lipinski definition) is 2. The maximum atomic E-state index is 10.6. The third-order valence-corrected chi connectivity index (χ3v) is 3.80. The average Bonchev–Trinajstić information content (AvgIpc) is 2.36. The molecule has 1 aliphatic rings. The monoisotopic (exact) mass is 231 g/mol. The first-order chi connectivity index (χ1) is 8.15. The molecule has 2 atom stereocenters. The maximum Gasteiger partial charge on any atom is 0.0706 e. The minimum absolute atomic E-state index is 0.174. The molecule has 0 aromatic carbocycles. The molecule has 17 heavy (non-hydrogen) atoms. The lowest BCUT2D eigenvalue weighted by molar-refractivity contribution is 0.0157. The summed E-state index contributed by atoms with van der Waals surface area (Å²) in [5, 5.41) is 10.6. The smallest absolute Gasteiger partial charge is 0.0706 e. The molecule has 0 saturated heterocycles. The molecule has 92 valence electrons. The molecular weight excluding hydrogens is 210 g/mol. The van der Waals surface area contributed by atoms with E-state index >= 15 is 0 Å². The van der Waals surface area contributed by atoms with Crippen LogP contribution in [0.15, 0.2) is 31.0 Å². The van der Waals surface area contributed by atoms with Crippen molar-refractivity contribution >= 4 is 0 Å². The van der Waals surface area contributed by atoms with Crippen LogP contribution in [0, 0.1) is 0 Å². The van der Waals surface area contributed by atoms with Crippen molar-refractivity contribution in [1.29, 1.82) is 0 Å². The van der Waals surface area contributed by atoms with E-state index < -0.39 is 5.60 Å². The summed E-state index contributed by atoms with van der Waals surface area (Å²) < 4.78 is 0. The van der Waals surface area contributed by atoms with Gasteiger partial charge in [-0.05, 0) is 50.7 Å². The molecule has 0 saturated carbocycles. The summed E-state index contributed by atoms with van der Waals surface area (Å²) in [6, 6.07) is 4.12. The highest BCUT2D eigenvalue weighted by Gasteiger charge is 2.36. The van der Waals surface area contributed by atoms with Crippen molar-refractivity contribution in [2.75, 3.05) is 0 Å². The van der Waals surface area contributed by atoms with E-state index in [1.165, 1.54) is 5.56 Å². The molecule has 1 aromatic rings. The van der Waals surface area contributed by atoms with E-state index in [1.54, 1.807) is 0 Å². The number of nitrogens with zero attached hydrogens (tertiary/aromatic N) is 1. The molecule has 0 fully saturated rings. The van der Waals surface area contributed by atoms with Crippen LogP contribution in [0.4, 0.5) is 0 Å². The number of aliphatic hydroxyl groups is 1. The molecule has 0 aliphatic heterocycles. The summed E-state index contributed by atoms with van der Waals surface area (Å²) >= 11 is 0. The lowest BCUT2D eigenvalue weighted by atomic mass is 9.75. The van der Waals surface area contributed by atoms with Gasteiger partial charge in [-0.1, -0.05) is 12.1 Å². The van der Waals surface area contributed by atoms with Gasteiger partial charge in [0.25, 0.3) is 0 Å². The number of aryl methyl sites for hydroxylation is 1. The molecule has 0 bridgehead atoms. The highest BCUT2D eigenvalue weighted by atomic mass is 16.3. The molecule has 0 amide bonds. The highest BCUT2D eigenvalue weighted by molar-refractivity contribution is 5.28. The molecule has 2 nitrogen and oxygen atoms in total. The average molecular weight is 231 g/mol. The van der Waals surface area contributed by atoms with Gasteiger partial charge in [0.2, 0.25) is 0 Å². The van der Waals surface area contributed by atoms with Crippen molar-refractivity contribution < 1.29 is 5.11 Å². The standard InChI is InChI=1S/C15H21NO/c1-3-4-10-15(2,17)13-9-5-7-12-8-6-11-16-14(12)13/h3,6,8,11,13,17H,1,4-5,7,9-10H2,2H3. The van der Waals surface area contributed by atoms with Crippen molar-refractivity contribution in [2.24, 2.45) is 0 Å². The van der Waals surface area contributed by atoms with Gasteiger partial charge in [-0.3, -0.25) is 4.98 Å². The highest BCUT2D eigenvalue weighted by Crippen LogP contribution is 2.39. The van der Waals surface area contributed by atoms with E-state index in [4.69, 9.17) is 0 Å². The van der Waals surface area contributed by atoms with E-state index in [-0.39, 0.29) is 5.92 Å². The number of pyridine rings is 1. The van der Waals surface area contributed by atoms with Crippen molar-refractivity contribution in [3.8, 4) is 0 Å². The molecule has 1 heterocycles. The van der Waals surface area contributed by atoms with Gasteiger partial charge in [0, 0.05) is 17.8 Å². The maximum absolute atomic E-state index is 10.6. The summed E-state index contributed by atoms with van der Waals surface area (Å²) in [6.07, 6.45) is 8.60. The van der Waals surface area contributed by atoms with Gasteiger partial charge in [0.15, 0.2) is 0 Å². The third-order valence-electron chi connectivity index (χ3n) is 3.80. The Morgan fingerprint density at radius 2 is 2.47 bits per heavy atom. The Morgan fingerprint density at radius 1 is 1.65 bits per heavy atom. The van der Waals surface area contributed by atoms with Gasteiger partial charge >= 0.3 is 0 Å². The van der Waals surface area contributed by atoms with Crippen LogP contribution in [0.2, 0.25) is 0 Å². The summed E-state index contributed by atoms with van der Waals surface area (Å²) in [4.78, 5) is 4.49. The quantitative estimate of drug-likeness (QED) is 0.807. The molecule has 0 spiro atoms. The van der Waals surface area contributed by atoms with Crippen LogP contribution in [-0.2, 0) is 6.42 Å². The zero-order valence-electron chi connectivity index (χ0n) is 10.5. The predicted octanol–water partition coefficient (Wildman–Crippen LogP) is 3.22. The normalized spacial score (nSPS) is 22.6. The lowest BCUT2D eigenvalue weighted by Gasteiger charge is -2.36. The SMILES string of the molecule is C=CCCC(C)(O)C1CCCc2cccnc21. The topological polar surface area (TPSA) is 33.1 Å². The molecule has 2 unspecified atom stereocenters. The van der Waals surface area contributed by atoms with E-state index in [9.17, 15) is 5.11 Å². The van der Waals surface area contributed by atoms with Crippen LogP contribution in [0.1, 0.15) is 49.8 Å². The zero-order chi connectivity index (χ0) is 12.3. The zero-order valence-corrected chi connectivity index (χ0v) is 10.5. The Morgan fingerprint density at radius 3 is 3.24 bits per heavy atom. The molecular formula is C15H21NO. The molecule has 2 rings (SSSR count). The van der Waals surface area contributed by atoms with Gasteiger partial charge in [-0.15, -0.1) is 6.58 Å². The van der Waals surface area contributed by atoms with Crippen molar-refractivity contribution in [1.82, 2.24) is 4.98 Å². The second-order valence-electron chi connectivity index (χ2n) is 5.18. The van der Waals surface area contributed by atoms with Gasteiger partial charge in [0.1, 0.15) is 0 Å². The number of fused-ring (bicyclic) bond motifs is 1. The molecule has 0 radical (unpaired) electrons. The predicted molar refractivity (Wildman–Crippen MR) is 70.0 cm³/mol. The molecule has 1 N–H and O–H groups in total. The summed E-state index contributed by atoms with van der Waals surface area (Å²) in [5.41, 5.74) is 1.74. The van der Waals surface area contributed by atoms with Gasteiger partial charge in [0.05, 0.1) is 5.60 Å². The van der Waals surface area contributed by atoms with Crippen LogP contribution in [0.25, 0.3) is 0 Å². The Hall–Kier alpha value is -1.15. The summed E-state index contributed by atoms with van der Waals surface area (Å²) in [7, 11) is 0. The summed E-state index contributed by atoms with van der Waals surface area (Å²) in [6.45, 7) is 5.66. The Bertz CT molecular complexity index is 398. The number of rotatable bonds is 4. The van der Waals surface area contributed by atoms with Crippen LogP contribution >= 0.6 is 0 Å². The fourth-order valence-electron chi connectivity index (χ4n) is 2.78. The minimum atomic E-state index is -0.669. The number of aromatic nitrogens is 1. The molecule has 2 heteroatoms. The fourth-order valence-corrected chi connectivity index (χ4v) is 2.78. The van der Waals surface area contributed by atoms with Crippen LogP contribution < -0.4 is 0 Å². The van der Waals surface area contributed by atoms with Crippen molar-refractivity contribution in [2.45, 2.75) is 50.5 Å². The largest absolute Gasteiger partial charge is 0.389 e. The fraction of sp³-hybridized carbons (Fsp3) is 0.533. The van der Waals surface area contributed by atoms with E-state index in [1.807, 2.05) is 25.3 Å². The van der Waals surface area contributed by atoms with Crippen molar-refractivity contribution in [3.63, 3.8) is 0 Å². The first-order valence-electron chi connectivity index (χ1n) is 6.42. The molecule has 1 aromatic heterocycles. The Balaban J connectivity index is 2.25. The number of hydrogen-bond donors (Lipinski definition) is 1. The van der Waals surface area contributed by atoms with Gasteiger partial charge in [-0.25, -0.2) is 0 Å². The Kier molecular flexibility index (Phi) is 3.63. The first kappa shape index (κ1) is 12.3. The lowest BCUT2D eigenvalue weighted by Crippen LogP contribution is -2.35. The Labute approximate surface area is 103 Å². The van der Waals surface area contributed by atoms with Gasteiger partial charge < -0.3 is 5.11 Å². The molecule has 1 aliphatic carbocycles. The van der Waals surface area contributed by atoms with E-state index in [0.29, 0.717) is 0 Å². The van der Waals surface area contributed by atoms with Crippen LogP contribution in [0.3, 0.4) is 0 Å². The van der Waals surface area contributed by atoms with Gasteiger partial charge in [-0.2, -0.15) is 0 Å². The summed E-state index contributed by atoms with van der Waals surface area (Å²) in [5.74, 6) is 0.174. The third kappa shape index (κ3) is 2.58.